The van der Waals surface area contributed by atoms with Crippen molar-refractivity contribution in [3.8, 4) is 11.4 Å². The Bertz CT molecular complexity index is 1060. The summed E-state index contributed by atoms with van der Waals surface area (Å²) < 4.78 is 0. The maximum Gasteiger partial charge on any atom is 0.337 e. The number of fused-ring (bicyclic) bond motifs is 2. The lowest BCUT2D eigenvalue weighted by Gasteiger charge is -2.05. The number of carbonyl (C=O) groups is 1. The van der Waals surface area contributed by atoms with E-state index in [1.165, 1.54) is 12.3 Å². The van der Waals surface area contributed by atoms with E-state index in [0.29, 0.717) is 17.0 Å². The van der Waals surface area contributed by atoms with Crippen LogP contribution >= 0.6 is 0 Å². The average Bonchev–Trinajstić information content (AvgIpc) is 2.60. The number of rotatable bonds is 2. The monoisotopic (exact) mass is 302 g/mol. The van der Waals surface area contributed by atoms with E-state index in [2.05, 4.69) is 20.2 Å². The molecule has 0 fully saturated rings. The smallest absolute Gasteiger partial charge is 0.337 e. The molecule has 2 aromatic heterocycles. The number of aromatic carboxylic acids is 1. The fraction of sp³-hybridized carbons (Fsp3) is 0. The van der Waals surface area contributed by atoms with Gasteiger partial charge in [0, 0.05) is 11.8 Å². The zero-order valence-corrected chi connectivity index (χ0v) is 11.8. The highest BCUT2D eigenvalue weighted by atomic mass is 16.4. The van der Waals surface area contributed by atoms with Gasteiger partial charge in [-0.2, -0.15) is 0 Å². The summed E-state index contributed by atoms with van der Waals surface area (Å²) in [5, 5.41) is 19.3. The highest BCUT2D eigenvalue weighted by Gasteiger charge is 2.11. The van der Waals surface area contributed by atoms with Gasteiger partial charge in [0.15, 0.2) is 5.82 Å². The third-order valence-electron chi connectivity index (χ3n) is 3.59. The van der Waals surface area contributed by atoms with E-state index in [4.69, 9.17) is 5.11 Å². The van der Waals surface area contributed by atoms with Crippen molar-refractivity contribution in [2.24, 2.45) is 0 Å². The minimum Gasteiger partial charge on any atom is -0.478 e. The molecule has 0 aliphatic carbocycles. The Morgan fingerprint density at radius 1 is 1.00 bits per heavy atom. The van der Waals surface area contributed by atoms with Crippen LogP contribution in [0.25, 0.3) is 33.3 Å². The van der Waals surface area contributed by atoms with Crippen molar-refractivity contribution in [1.82, 2.24) is 20.2 Å². The summed E-state index contributed by atoms with van der Waals surface area (Å²) in [7, 11) is 0. The van der Waals surface area contributed by atoms with E-state index in [1.54, 1.807) is 0 Å². The van der Waals surface area contributed by atoms with Gasteiger partial charge in [0.05, 0.1) is 5.56 Å². The van der Waals surface area contributed by atoms with Crippen LogP contribution in [0.15, 0.2) is 54.7 Å². The number of carboxylic acid groups (broad SMARTS) is 1. The maximum atomic E-state index is 11.1. The number of pyridine rings is 1. The first-order valence-electron chi connectivity index (χ1n) is 6.94. The second kappa shape index (κ2) is 5.10. The summed E-state index contributed by atoms with van der Waals surface area (Å²) >= 11 is 0. The molecule has 2 aromatic carbocycles. The van der Waals surface area contributed by atoms with Gasteiger partial charge < -0.3 is 5.11 Å². The molecule has 0 amide bonds. The van der Waals surface area contributed by atoms with Gasteiger partial charge >= 0.3 is 5.97 Å². The summed E-state index contributed by atoms with van der Waals surface area (Å²) in [5.74, 6) is -0.608. The Morgan fingerprint density at radius 3 is 2.70 bits per heavy atom. The predicted molar refractivity (Wildman–Crippen MR) is 85.0 cm³/mol. The van der Waals surface area contributed by atoms with E-state index < -0.39 is 5.97 Å². The number of hydrogen-bond acceptors (Lipinski definition) is 5. The summed E-state index contributed by atoms with van der Waals surface area (Å²) in [6.07, 6.45) is 1.25. The van der Waals surface area contributed by atoms with Crippen LogP contribution in [0, 0.1) is 0 Å². The Morgan fingerprint density at radius 2 is 1.83 bits per heavy atom. The van der Waals surface area contributed by atoms with Crippen molar-refractivity contribution in [2.45, 2.75) is 0 Å². The van der Waals surface area contributed by atoms with Crippen LogP contribution in [-0.4, -0.2) is 31.2 Å². The van der Waals surface area contributed by atoms with E-state index >= 15 is 0 Å². The maximum absolute atomic E-state index is 11.1. The first kappa shape index (κ1) is 13.3. The molecule has 0 aliphatic rings. The van der Waals surface area contributed by atoms with Gasteiger partial charge in [-0.25, -0.2) is 14.8 Å². The van der Waals surface area contributed by atoms with Crippen molar-refractivity contribution in [3.05, 3.63) is 60.3 Å². The summed E-state index contributed by atoms with van der Waals surface area (Å²) in [6, 6.07) is 15.2. The van der Waals surface area contributed by atoms with Gasteiger partial charge in [0.1, 0.15) is 5.52 Å². The molecule has 0 unspecified atom stereocenters. The number of benzene rings is 2. The van der Waals surface area contributed by atoms with Crippen molar-refractivity contribution >= 4 is 27.9 Å². The Balaban J connectivity index is 1.95. The van der Waals surface area contributed by atoms with Crippen LogP contribution in [0.4, 0.5) is 0 Å². The zero-order chi connectivity index (χ0) is 15.8. The molecule has 0 radical (unpaired) electrons. The molecule has 0 saturated carbocycles. The van der Waals surface area contributed by atoms with Crippen LogP contribution in [0.5, 0.6) is 0 Å². The zero-order valence-electron chi connectivity index (χ0n) is 11.8. The van der Waals surface area contributed by atoms with Gasteiger partial charge in [-0.3, -0.25) is 0 Å². The Hall–Kier alpha value is -3.41. The number of hydrogen-bond donors (Lipinski definition) is 1. The highest BCUT2D eigenvalue weighted by molar-refractivity contribution is 5.96. The van der Waals surface area contributed by atoms with E-state index in [0.717, 1.165) is 16.3 Å². The van der Waals surface area contributed by atoms with Gasteiger partial charge in [-0.15, -0.1) is 10.2 Å². The van der Waals surface area contributed by atoms with Gasteiger partial charge in [-0.05, 0) is 16.8 Å². The number of carboxylic acids is 1. The van der Waals surface area contributed by atoms with Crippen LogP contribution in [0.1, 0.15) is 10.4 Å². The van der Waals surface area contributed by atoms with Gasteiger partial charge in [0.25, 0.3) is 0 Å². The predicted octanol–water partition coefficient (Wildman–Crippen LogP) is 2.94. The SMILES string of the molecule is O=C(O)c1cnc2nnc(-c3cccc4ccccc34)nc2c1. The van der Waals surface area contributed by atoms with Crippen molar-refractivity contribution in [1.29, 1.82) is 0 Å². The third kappa shape index (κ3) is 2.26. The molecule has 6 nitrogen and oxygen atoms in total. The van der Waals surface area contributed by atoms with Crippen molar-refractivity contribution in [2.75, 3.05) is 0 Å². The minimum absolute atomic E-state index is 0.0712. The molecule has 0 atom stereocenters. The third-order valence-corrected chi connectivity index (χ3v) is 3.59. The van der Waals surface area contributed by atoms with E-state index in [-0.39, 0.29) is 5.56 Å². The first-order valence-corrected chi connectivity index (χ1v) is 6.94. The average molecular weight is 302 g/mol. The van der Waals surface area contributed by atoms with E-state index in [1.807, 2.05) is 42.5 Å². The molecule has 1 N–H and O–H groups in total. The lowest BCUT2D eigenvalue weighted by Crippen LogP contribution is -2.01. The van der Waals surface area contributed by atoms with Gasteiger partial charge in [-0.1, -0.05) is 42.5 Å². The molecule has 0 spiro atoms. The Kier molecular flexibility index (Phi) is 2.94. The largest absolute Gasteiger partial charge is 0.478 e. The van der Waals surface area contributed by atoms with Crippen molar-refractivity contribution in [3.63, 3.8) is 0 Å². The first-order chi connectivity index (χ1) is 11.2. The normalized spacial score (nSPS) is 11.0. The minimum atomic E-state index is -1.05. The second-order valence-corrected chi connectivity index (χ2v) is 5.03. The fourth-order valence-electron chi connectivity index (χ4n) is 2.49. The van der Waals surface area contributed by atoms with E-state index in [9.17, 15) is 4.79 Å². The summed E-state index contributed by atoms with van der Waals surface area (Å²) in [4.78, 5) is 19.5. The lowest BCUT2D eigenvalue weighted by atomic mass is 10.0. The van der Waals surface area contributed by atoms with Crippen LogP contribution in [-0.2, 0) is 0 Å². The molecular weight excluding hydrogens is 292 g/mol. The molecule has 4 aromatic rings. The lowest BCUT2D eigenvalue weighted by molar-refractivity contribution is 0.0696. The molecule has 0 saturated heterocycles. The van der Waals surface area contributed by atoms with Crippen LogP contribution in [0.2, 0.25) is 0 Å². The standard InChI is InChI=1S/C17H10N4O2/c22-17(23)11-8-14-16(18-9-11)21-20-15(19-14)13-7-3-5-10-4-1-2-6-12(10)13/h1-9H,(H,22,23). The summed E-state index contributed by atoms with van der Waals surface area (Å²) in [5.41, 5.74) is 1.64. The fourth-order valence-corrected chi connectivity index (χ4v) is 2.49. The molecule has 110 valence electrons. The van der Waals surface area contributed by atoms with Gasteiger partial charge in [0.2, 0.25) is 5.65 Å². The molecule has 0 bridgehead atoms. The second-order valence-electron chi connectivity index (χ2n) is 5.03. The van der Waals surface area contributed by atoms with Crippen LogP contribution < -0.4 is 0 Å². The number of aromatic nitrogens is 4. The number of nitrogens with zero attached hydrogens (tertiary/aromatic N) is 4. The molecule has 2 heterocycles. The quantitative estimate of drug-likeness (QED) is 0.612. The molecule has 23 heavy (non-hydrogen) atoms. The molecule has 0 aliphatic heterocycles. The highest BCUT2D eigenvalue weighted by Crippen LogP contribution is 2.26. The molecular formula is C17H10N4O2. The summed E-state index contributed by atoms with van der Waals surface area (Å²) in [6.45, 7) is 0. The molecule has 6 heteroatoms. The molecule has 4 rings (SSSR count). The Labute approximate surface area is 130 Å². The van der Waals surface area contributed by atoms with Crippen molar-refractivity contribution < 1.29 is 9.90 Å². The topological polar surface area (TPSA) is 88.9 Å². The van der Waals surface area contributed by atoms with Crippen LogP contribution in [0.3, 0.4) is 0 Å².